The van der Waals surface area contributed by atoms with E-state index in [0.29, 0.717) is 38.6 Å². The average Bonchev–Trinajstić information content (AvgIpc) is 3.06. The highest BCUT2D eigenvalue weighted by Gasteiger charge is 2.56. The molecule has 1 atom stereocenters. The molecule has 1 saturated heterocycles. The fraction of sp³-hybridized carbons (Fsp3) is 0.800. The van der Waals surface area contributed by atoms with E-state index in [1.54, 1.807) is 0 Å². The second-order valence-corrected chi connectivity index (χ2v) is 11.5. The third-order valence-electron chi connectivity index (χ3n) is 6.18. The number of hydrogen-bond donors (Lipinski definition) is 2. The Hall–Kier alpha value is -1.37. The van der Waals surface area contributed by atoms with Crippen LogP contribution in [0, 0.1) is 11.8 Å². The summed E-state index contributed by atoms with van der Waals surface area (Å²) in [7, 11) is -3.14. The van der Waals surface area contributed by atoms with Crippen molar-refractivity contribution in [3.05, 3.63) is 11.6 Å². The minimum Gasteiger partial charge on any atom is -0.353 e. The third kappa shape index (κ3) is 4.55. The molecule has 1 saturated carbocycles. The van der Waals surface area contributed by atoms with Gasteiger partial charge in [-0.05, 0) is 56.8 Å². The van der Waals surface area contributed by atoms with Crippen molar-refractivity contribution >= 4 is 21.7 Å². The van der Waals surface area contributed by atoms with Crippen LogP contribution in [-0.4, -0.2) is 43.3 Å². The zero-order chi connectivity index (χ0) is 19.7. The molecule has 1 heterocycles. The molecule has 1 spiro atoms. The number of sulfone groups is 1. The van der Waals surface area contributed by atoms with Crippen molar-refractivity contribution in [1.82, 2.24) is 10.6 Å². The molecule has 2 aliphatic carbocycles. The molecule has 0 bridgehead atoms. The Labute approximate surface area is 162 Å². The second kappa shape index (κ2) is 7.94. The van der Waals surface area contributed by atoms with Crippen LogP contribution in [0.25, 0.3) is 0 Å². The first-order valence-corrected chi connectivity index (χ1v) is 11.8. The number of carbonyl (C=O) groups is 2. The number of amides is 2. The van der Waals surface area contributed by atoms with E-state index >= 15 is 0 Å². The predicted octanol–water partition coefficient (Wildman–Crippen LogP) is 2.10. The first-order chi connectivity index (χ1) is 12.7. The lowest BCUT2D eigenvalue weighted by Gasteiger charge is -2.51. The molecule has 3 rings (SSSR count). The molecule has 0 aromatic heterocycles. The molecule has 2 N–H and O–H groups in total. The van der Waals surface area contributed by atoms with E-state index in [0.717, 1.165) is 24.8 Å². The van der Waals surface area contributed by atoms with Crippen LogP contribution in [0.4, 0.5) is 0 Å². The van der Waals surface area contributed by atoms with Crippen molar-refractivity contribution in [3.63, 3.8) is 0 Å². The first kappa shape index (κ1) is 20.4. The highest BCUT2D eigenvalue weighted by Crippen LogP contribution is 2.49. The molecule has 152 valence electrons. The Morgan fingerprint density at radius 2 is 2.00 bits per heavy atom. The van der Waals surface area contributed by atoms with Crippen LogP contribution in [0.2, 0.25) is 0 Å². The predicted molar refractivity (Wildman–Crippen MR) is 105 cm³/mol. The van der Waals surface area contributed by atoms with Crippen molar-refractivity contribution < 1.29 is 18.0 Å². The van der Waals surface area contributed by atoms with Gasteiger partial charge in [0, 0.05) is 24.6 Å². The standard InChI is InChI=1S/C20H32N2O4S/c1-14(2)9-18(23)22-17-7-8-27(25,26)20(12-17)10-15(11-20)13-21-19(24)16-5-3-4-6-16/h5,14-15,17H,3-4,6-13H2,1-2H3,(H,21,24)(H,22,23). The van der Waals surface area contributed by atoms with Crippen molar-refractivity contribution in [2.45, 2.75) is 76.0 Å². The molecule has 27 heavy (non-hydrogen) atoms. The van der Waals surface area contributed by atoms with Gasteiger partial charge in [-0.25, -0.2) is 8.42 Å². The molecule has 7 heteroatoms. The van der Waals surface area contributed by atoms with E-state index in [4.69, 9.17) is 0 Å². The molecule has 0 aromatic rings. The van der Waals surface area contributed by atoms with Crippen LogP contribution in [0.3, 0.4) is 0 Å². The van der Waals surface area contributed by atoms with E-state index in [-0.39, 0.29) is 35.4 Å². The van der Waals surface area contributed by atoms with Crippen LogP contribution >= 0.6 is 0 Å². The summed E-state index contributed by atoms with van der Waals surface area (Å²) in [6.45, 7) is 4.54. The van der Waals surface area contributed by atoms with Crippen molar-refractivity contribution in [1.29, 1.82) is 0 Å². The number of nitrogens with one attached hydrogen (secondary N) is 2. The second-order valence-electron chi connectivity index (χ2n) is 8.96. The smallest absolute Gasteiger partial charge is 0.246 e. The summed E-state index contributed by atoms with van der Waals surface area (Å²) in [5.41, 5.74) is 0.863. The molecule has 0 aromatic carbocycles. The zero-order valence-corrected chi connectivity index (χ0v) is 17.2. The van der Waals surface area contributed by atoms with Crippen LogP contribution in [-0.2, 0) is 19.4 Å². The third-order valence-corrected chi connectivity index (χ3v) is 8.77. The molecule has 3 aliphatic rings. The van der Waals surface area contributed by atoms with Gasteiger partial charge in [-0.1, -0.05) is 19.9 Å². The zero-order valence-electron chi connectivity index (χ0n) is 16.4. The van der Waals surface area contributed by atoms with E-state index in [9.17, 15) is 18.0 Å². The van der Waals surface area contributed by atoms with Gasteiger partial charge in [0.1, 0.15) is 0 Å². The summed E-state index contributed by atoms with van der Waals surface area (Å²) in [6.07, 6.45) is 7.50. The first-order valence-electron chi connectivity index (χ1n) is 10.2. The Kier molecular flexibility index (Phi) is 5.99. The quantitative estimate of drug-likeness (QED) is 0.719. The van der Waals surface area contributed by atoms with Gasteiger partial charge in [0.05, 0.1) is 10.5 Å². The number of hydrogen-bond acceptors (Lipinski definition) is 4. The van der Waals surface area contributed by atoms with E-state index in [1.165, 1.54) is 0 Å². The maximum Gasteiger partial charge on any atom is 0.246 e. The lowest BCUT2D eigenvalue weighted by Crippen LogP contribution is -2.60. The van der Waals surface area contributed by atoms with Gasteiger partial charge in [-0.3, -0.25) is 9.59 Å². The van der Waals surface area contributed by atoms with E-state index < -0.39 is 14.6 Å². The Bertz CT molecular complexity index is 720. The van der Waals surface area contributed by atoms with Gasteiger partial charge in [0.15, 0.2) is 9.84 Å². The summed E-state index contributed by atoms with van der Waals surface area (Å²) in [5.74, 6) is 0.649. The molecule has 0 radical (unpaired) electrons. The van der Waals surface area contributed by atoms with Gasteiger partial charge < -0.3 is 10.6 Å². The van der Waals surface area contributed by atoms with E-state index in [2.05, 4.69) is 10.6 Å². The van der Waals surface area contributed by atoms with Crippen molar-refractivity contribution in [2.24, 2.45) is 11.8 Å². The molecule has 6 nitrogen and oxygen atoms in total. The van der Waals surface area contributed by atoms with Crippen LogP contribution in [0.15, 0.2) is 11.6 Å². The van der Waals surface area contributed by atoms with Gasteiger partial charge in [-0.2, -0.15) is 0 Å². The minimum atomic E-state index is -3.14. The topological polar surface area (TPSA) is 92.3 Å². The van der Waals surface area contributed by atoms with Crippen LogP contribution < -0.4 is 10.6 Å². The molecule has 2 amide bonds. The summed E-state index contributed by atoms with van der Waals surface area (Å²) >= 11 is 0. The summed E-state index contributed by atoms with van der Waals surface area (Å²) in [4.78, 5) is 24.2. The van der Waals surface area contributed by atoms with Crippen LogP contribution in [0.5, 0.6) is 0 Å². The summed E-state index contributed by atoms with van der Waals surface area (Å²) in [6, 6.07) is -0.0565. The highest BCUT2D eigenvalue weighted by atomic mass is 32.2. The van der Waals surface area contributed by atoms with Gasteiger partial charge in [0.25, 0.3) is 0 Å². The maximum atomic E-state index is 12.7. The highest BCUT2D eigenvalue weighted by molar-refractivity contribution is 7.92. The minimum absolute atomic E-state index is 0.00113. The fourth-order valence-electron chi connectivity index (χ4n) is 4.76. The molecule has 1 aliphatic heterocycles. The monoisotopic (exact) mass is 396 g/mol. The SMILES string of the molecule is CC(C)CC(=O)NC1CCS(=O)(=O)C2(CC(CNC(=O)C3=CCCC3)C2)C1. The fourth-order valence-corrected chi connectivity index (χ4v) is 7.22. The van der Waals surface area contributed by atoms with Crippen LogP contribution in [0.1, 0.15) is 65.2 Å². The molecular weight excluding hydrogens is 364 g/mol. The van der Waals surface area contributed by atoms with E-state index in [1.807, 2.05) is 19.9 Å². The summed E-state index contributed by atoms with van der Waals surface area (Å²) < 4.78 is 24.7. The van der Waals surface area contributed by atoms with Crippen molar-refractivity contribution in [3.8, 4) is 0 Å². The van der Waals surface area contributed by atoms with Crippen molar-refractivity contribution in [2.75, 3.05) is 12.3 Å². The number of rotatable bonds is 6. The Balaban J connectivity index is 1.51. The lowest BCUT2D eigenvalue weighted by atomic mass is 9.70. The summed E-state index contributed by atoms with van der Waals surface area (Å²) in [5, 5.41) is 6.00. The molecular formula is C20H32N2O4S. The molecule has 2 fully saturated rings. The van der Waals surface area contributed by atoms with Gasteiger partial charge in [0.2, 0.25) is 11.8 Å². The average molecular weight is 397 g/mol. The largest absolute Gasteiger partial charge is 0.353 e. The normalized spacial score (nSPS) is 32.0. The number of carbonyl (C=O) groups excluding carboxylic acids is 2. The van der Waals surface area contributed by atoms with Gasteiger partial charge >= 0.3 is 0 Å². The Morgan fingerprint density at radius 1 is 1.26 bits per heavy atom. The maximum absolute atomic E-state index is 12.7. The number of allylic oxidation sites excluding steroid dienone is 1. The van der Waals surface area contributed by atoms with Gasteiger partial charge in [-0.15, -0.1) is 0 Å². The molecule has 1 unspecified atom stereocenters. The lowest BCUT2D eigenvalue weighted by molar-refractivity contribution is -0.123. The Morgan fingerprint density at radius 3 is 2.63 bits per heavy atom.